The molecule has 0 aliphatic rings. The number of carbonyl (C=O) groups is 2. The van der Waals surface area contributed by atoms with Gasteiger partial charge in [-0.1, -0.05) is 31.5 Å². The molecule has 0 unspecified atom stereocenters. The molecule has 1 aromatic heterocycles. The van der Waals surface area contributed by atoms with Crippen LogP contribution in [0.2, 0.25) is 0 Å². The van der Waals surface area contributed by atoms with Crippen LogP contribution in [-0.2, 0) is 4.79 Å². The minimum Gasteiger partial charge on any atom is -0.497 e. The maximum atomic E-state index is 12.3. The Morgan fingerprint density at radius 3 is 2.57 bits per heavy atom. The van der Waals surface area contributed by atoms with E-state index >= 15 is 0 Å². The van der Waals surface area contributed by atoms with Gasteiger partial charge in [0.05, 0.1) is 7.11 Å². The summed E-state index contributed by atoms with van der Waals surface area (Å²) in [7, 11) is 1.51. The number of aromatic nitrogens is 2. The summed E-state index contributed by atoms with van der Waals surface area (Å²) in [6, 6.07) is 6.31. The third kappa shape index (κ3) is 5.49. The van der Waals surface area contributed by atoms with Gasteiger partial charge in [-0.15, -0.1) is 0 Å². The predicted molar refractivity (Wildman–Crippen MR) is 107 cm³/mol. The Bertz CT molecular complexity index is 898. The van der Waals surface area contributed by atoms with E-state index in [0.29, 0.717) is 17.7 Å². The van der Waals surface area contributed by atoms with Gasteiger partial charge in [0.25, 0.3) is 11.5 Å². The monoisotopic (exact) mass is 406 g/mol. The van der Waals surface area contributed by atoms with Crippen molar-refractivity contribution in [2.45, 2.75) is 36.6 Å². The van der Waals surface area contributed by atoms with Crippen molar-refractivity contribution in [1.82, 2.24) is 9.97 Å². The average Bonchev–Trinajstić information content (AvgIpc) is 2.67. The van der Waals surface area contributed by atoms with Gasteiger partial charge in [0.15, 0.2) is 11.0 Å². The maximum absolute atomic E-state index is 12.3. The Hall–Kier alpha value is -3.01. The first kappa shape index (κ1) is 21.3. The third-order valence-electron chi connectivity index (χ3n) is 3.87. The molecule has 0 spiro atoms. The van der Waals surface area contributed by atoms with Crippen molar-refractivity contribution in [2.75, 3.05) is 18.2 Å². The summed E-state index contributed by atoms with van der Waals surface area (Å²) in [6.45, 7) is 1.96. The second kappa shape index (κ2) is 9.79. The SMILES string of the molecule is CCCC[C@H](Sc1nc(N)c(NC(=O)c2ccc(OC)cc2)c(=O)[nH]1)C(=O)O. The molecule has 28 heavy (non-hydrogen) atoms. The molecular formula is C18H22N4O5S. The van der Waals surface area contributed by atoms with Crippen LogP contribution in [0.3, 0.4) is 0 Å². The zero-order valence-electron chi connectivity index (χ0n) is 15.5. The van der Waals surface area contributed by atoms with Gasteiger partial charge in [-0.2, -0.15) is 0 Å². The molecule has 150 valence electrons. The van der Waals surface area contributed by atoms with Crippen molar-refractivity contribution in [1.29, 1.82) is 0 Å². The van der Waals surface area contributed by atoms with Crippen molar-refractivity contribution in [3.8, 4) is 5.75 Å². The number of anilines is 2. The molecule has 0 saturated heterocycles. The molecular weight excluding hydrogens is 384 g/mol. The standard InChI is InChI=1S/C18H22N4O5S/c1-3-4-5-12(17(25)26)28-18-21-14(19)13(16(24)22-18)20-15(23)10-6-8-11(27-2)9-7-10/h6-9,12H,3-5H2,1-2H3,(H,20,23)(H,25,26)(H3,19,21,22,24)/t12-/m0/s1. The molecule has 0 aliphatic carbocycles. The van der Waals surface area contributed by atoms with Crippen molar-refractivity contribution in [3.05, 3.63) is 40.2 Å². The number of hydrogen-bond acceptors (Lipinski definition) is 7. The van der Waals surface area contributed by atoms with E-state index in [2.05, 4.69) is 15.3 Å². The van der Waals surface area contributed by atoms with E-state index in [-0.39, 0.29) is 16.7 Å². The summed E-state index contributed by atoms with van der Waals surface area (Å²) in [6.07, 6.45) is 2.03. The molecule has 0 fully saturated rings. The molecule has 0 saturated carbocycles. The molecule has 2 rings (SSSR count). The molecule has 2 aromatic rings. The van der Waals surface area contributed by atoms with Gasteiger partial charge in [0, 0.05) is 5.56 Å². The summed E-state index contributed by atoms with van der Waals surface area (Å²) in [5.41, 5.74) is 5.28. The third-order valence-corrected chi connectivity index (χ3v) is 5.00. The second-order valence-corrected chi connectivity index (χ2v) is 7.09. The van der Waals surface area contributed by atoms with Crippen LogP contribution < -0.4 is 21.3 Å². The van der Waals surface area contributed by atoms with Gasteiger partial charge in [-0.05, 0) is 30.7 Å². The number of benzene rings is 1. The van der Waals surface area contributed by atoms with Crippen LogP contribution >= 0.6 is 11.8 Å². The van der Waals surface area contributed by atoms with Gasteiger partial charge in [-0.25, -0.2) is 4.98 Å². The number of amides is 1. The molecule has 5 N–H and O–H groups in total. The normalized spacial score (nSPS) is 11.6. The van der Waals surface area contributed by atoms with E-state index in [1.807, 2.05) is 6.92 Å². The predicted octanol–water partition coefficient (Wildman–Crippen LogP) is 2.35. The van der Waals surface area contributed by atoms with Crippen LogP contribution in [0.25, 0.3) is 0 Å². The molecule has 1 amide bonds. The number of nitrogens with zero attached hydrogens (tertiary/aromatic N) is 1. The Labute approximate surface area is 165 Å². The number of unbranched alkanes of at least 4 members (excludes halogenated alkanes) is 1. The van der Waals surface area contributed by atoms with Gasteiger partial charge in [0.2, 0.25) is 0 Å². The van der Waals surface area contributed by atoms with Crippen LogP contribution in [-0.4, -0.2) is 39.3 Å². The molecule has 0 aliphatic heterocycles. The lowest BCUT2D eigenvalue weighted by atomic mass is 10.2. The lowest BCUT2D eigenvalue weighted by Crippen LogP contribution is -2.24. The largest absolute Gasteiger partial charge is 0.497 e. The smallest absolute Gasteiger partial charge is 0.317 e. The fourth-order valence-electron chi connectivity index (χ4n) is 2.33. The van der Waals surface area contributed by atoms with Crippen LogP contribution in [0.15, 0.2) is 34.2 Å². The van der Waals surface area contributed by atoms with E-state index in [1.54, 1.807) is 24.3 Å². The highest BCUT2D eigenvalue weighted by Crippen LogP contribution is 2.25. The summed E-state index contributed by atoms with van der Waals surface area (Å²) in [5, 5.41) is 11.1. The molecule has 1 aromatic carbocycles. The lowest BCUT2D eigenvalue weighted by molar-refractivity contribution is -0.136. The zero-order valence-corrected chi connectivity index (χ0v) is 16.3. The number of nitrogens with one attached hydrogen (secondary N) is 2. The Balaban J connectivity index is 2.17. The molecule has 0 bridgehead atoms. The van der Waals surface area contributed by atoms with E-state index in [0.717, 1.165) is 24.6 Å². The number of methoxy groups -OCH3 is 1. The van der Waals surface area contributed by atoms with E-state index < -0.39 is 22.7 Å². The van der Waals surface area contributed by atoms with Gasteiger partial charge in [0.1, 0.15) is 16.7 Å². The van der Waals surface area contributed by atoms with Gasteiger partial charge < -0.3 is 20.9 Å². The molecule has 10 heteroatoms. The Kier molecular flexibility index (Phi) is 7.44. The number of rotatable bonds is 9. The molecule has 0 radical (unpaired) electrons. The van der Waals surface area contributed by atoms with Crippen molar-refractivity contribution < 1.29 is 19.4 Å². The highest BCUT2D eigenvalue weighted by Gasteiger charge is 2.21. The van der Waals surface area contributed by atoms with Crippen LogP contribution in [0, 0.1) is 0 Å². The Morgan fingerprint density at radius 2 is 2.04 bits per heavy atom. The number of ether oxygens (including phenoxy) is 1. The van der Waals surface area contributed by atoms with Crippen molar-refractivity contribution in [3.63, 3.8) is 0 Å². The second-order valence-electron chi connectivity index (χ2n) is 5.90. The molecule has 9 nitrogen and oxygen atoms in total. The quantitative estimate of drug-likeness (QED) is 0.366. The summed E-state index contributed by atoms with van der Waals surface area (Å²) < 4.78 is 5.03. The van der Waals surface area contributed by atoms with Crippen molar-refractivity contribution in [2.24, 2.45) is 0 Å². The first-order chi connectivity index (χ1) is 13.3. The van der Waals surface area contributed by atoms with Gasteiger partial charge in [-0.3, -0.25) is 19.4 Å². The van der Waals surface area contributed by atoms with Crippen LogP contribution in [0.5, 0.6) is 5.75 Å². The summed E-state index contributed by atoms with van der Waals surface area (Å²) in [5.74, 6) is -1.12. The summed E-state index contributed by atoms with van der Waals surface area (Å²) in [4.78, 5) is 42.5. The highest BCUT2D eigenvalue weighted by atomic mass is 32.2. The highest BCUT2D eigenvalue weighted by molar-refractivity contribution is 8.00. The van der Waals surface area contributed by atoms with Gasteiger partial charge >= 0.3 is 5.97 Å². The number of aromatic amines is 1. The number of hydrogen-bond donors (Lipinski definition) is 4. The number of nitrogen functional groups attached to an aromatic ring is 1. The van der Waals surface area contributed by atoms with Crippen LogP contribution in [0.4, 0.5) is 11.5 Å². The number of H-pyrrole nitrogens is 1. The minimum atomic E-state index is -0.989. The number of nitrogens with two attached hydrogens (primary N) is 1. The molecule has 1 heterocycles. The fourth-order valence-corrected chi connectivity index (χ4v) is 3.29. The fraction of sp³-hybridized carbons (Fsp3) is 0.333. The van der Waals surface area contributed by atoms with E-state index in [1.165, 1.54) is 7.11 Å². The number of aliphatic carboxylic acids is 1. The number of carboxylic acids is 1. The van der Waals surface area contributed by atoms with E-state index in [9.17, 15) is 19.5 Å². The zero-order chi connectivity index (χ0) is 20.7. The first-order valence-electron chi connectivity index (χ1n) is 8.60. The minimum absolute atomic E-state index is 0.0912. The van der Waals surface area contributed by atoms with Crippen LogP contribution in [0.1, 0.15) is 36.5 Å². The van der Waals surface area contributed by atoms with E-state index in [4.69, 9.17) is 10.5 Å². The number of carbonyl (C=O) groups excluding carboxylic acids is 1. The number of carboxylic acid groups (broad SMARTS) is 1. The first-order valence-corrected chi connectivity index (χ1v) is 9.48. The summed E-state index contributed by atoms with van der Waals surface area (Å²) >= 11 is 0.920. The lowest BCUT2D eigenvalue weighted by Gasteiger charge is -2.12. The Morgan fingerprint density at radius 1 is 1.36 bits per heavy atom. The molecule has 1 atom stereocenters. The topological polar surface area (TPSA) is 147 Å². The number of thioether (sulfide) groups is 1. The average molecular weight is 406 g/mol. The van der Waals surface area contributed by atoms with Crippen molar-refractivity contribution >= 4 is 35.1 Å². The maximum Gasteiger partial charge on any atom is 0.317 e.